The van der Waals surface area contributed by atoms with Crippen molar-refractivity contribution in [2.75, 3.05) is 5.32 Å². The summed E-state index contributed by atoms with van der Waals surface area (Å²) in [7, 11) is 0. The number of benzene rings is 2. The molecule has 7 heteroatoms. The highest BCUT2D eigenvalue weighted by molar-refractivity contribution is 5.77. The van der Waals surface area contributed by atoms with Gasteiger partial charge in [0.2, 0.25) is 0 Å². The van der Waals surface area contributed by atoms with Crippen LogP contribution in [0.5, 0.6) is 0 Å². The van der Waals surface area contributed by atoms with E-state index in [2.05, 4.69) is 20.6 Å². The van der Waals surface area contributed by atoms with Crippen LogP contribution in [0.4, 0.5) is 10.2 Å². The third kappa shape index (κ3) is 2.77. The van der Waals surface area contributed by atoms with Gasteiger partial charge in [-0.05, 0) is 43.3 Å². The monoisotopic (exact) mass is 373 g/mol. The van der Waals surface area contributed by atoms with Crippen molar-refractivity contribution in [3.63, 3.8) is 0 Å². The molecule has 0 spiro atoms. The van der Waals surface area contributed by atoms with Gasteiger partial charge in [-0.1, -0.05) is 30.3 Å². The fraction of sp³-hybridized carbons (Fsp3) is 0.0952. The number of nitrogens with one attached hydrogen (secondary N) is 1. The molecule has 2 aromatic carbocycles. The number of rotatable bonds is 4. The summed E-state index contributed by atoms with van der Waals surface area (Å²) in [5, 5.41) is 17.1. The number of nitrogens with zero attached hydrogens (tertiary/aromatic N) is 4. The first-order chi connectivity index (χ1) is 13.7. The maximum absolute atomic E-state index is 14.2. The van der Waals surface area contributed by atoms with E-state index in [1.165, 1.54) is 10.6 Å². The number of hydrogen-bond donors (Lipinski definition) is 1. The van der Waals surface area contributed by atoms with E-state index in [0.29, 0.717) is 22.9 Å². The molecule has 3 heterocycles. The minimum absolute atomic E-state index is 0.106. The highest BCUT2D eigenvalue weighted by Crippen LogP contribution is 2.26. The number of aromatic nitrogens is 4. The molecule has 0 amide bonds. The van der Waals surface area contributed by atoms with Gasteiger partial charge in [-0.25, -0.2) is 4.39 Å². The quantitative estimate of drug-likeness (QED) is 0.488. The molecule has 6 nitrogen and oxygen atoms in total. The van der Waals surface area contributed by atoms with Crippen LogP contribution in [0.1, 0.15) is 18.7 Å². The zero-order valence-electron chi connectivity index (χ0n) is 15.0. The molecule has 0 aliphatic carbocycles. The largest absolute Gasteiger partial charge is 0.459 e. The summed E-state index contributed by atoms with van der Waals surface area (Å²) < 4.78 is 21.6. The van der Waals surface area contributed by atoms with Crippen LogP contribution in [0.3, 0.4) is 0 Å². The first-order valence-corrected chi connectivity index (χ1v) is 8.91. The van der Waals surface area contributed by atoms with E-state index in [1.807, 2.05) is 43.3 Å². The Bertz CT molecular complexity index is 1260. The number of anilines is 1. The maximum Gasteiger partial charge on any atom is 0.188 e. The fourth-order valence-corrected chi connectivity index (χ4v) is 3.19. The third-order valence-electron chi connectivity index (χ3n) is 4.61. The van der Waals surface area contributed by atoms with Crippen molar-refractivity contribution in [1.82, 2.24) is 19.8 Å². The van der Waals surface area contributed by atoms with Gasteiger partial charge >= 0.3 is 0 Å². The normalized spacial score (nSPS) is 12.5. The number of furan rings is 1. The summed E-state index contributed by atoms with van der Waals surface area (Å²) in [5.41, 5.74) is 1.74. The van der Waals surface area contributed by atoms with Crippen molar-refractivity contribution in [2.24, 2.45) is 0 Å². The lowest BCUT2D eigenvalue weighted by atomic mass is 10.2. The van der Waals surface area contributed by atoms with E-state index in [0.717, 1.165) is 16.7 Å². The van der Waals surface area contributed by atoms with Crippen molar-refractivity contribution in [3.05, 3.63) is 78.3 Å². The van der Waals surface area contributed by atoms with Gasteiger partial charge in [0.05, 0.1) is 11.6 Å². The van der Waals surface area contributed by atoms with Gasteiger partial charge in [-0.3, -0.25) is 0 Å². The molecule has 3 aromatic heterocycles. The SMILES string of the molecule is C[C@@H](Nc1ccc2nnc(-c3ccccc3F)n2n1)c1cc2ccccc2o1. The molecule has 0 aliphatic heterocycles. The van der Waals surface area contributed by atoms with Crippen LogP contribution in [0.2, 0.25) is 0 Å². The zero-order chi connectivity index (χ0) is 19.1. The molecule has 0 bridgehead atoms. The summed E-state index contributed by atoms with van der Waals surface area (Å²) in [6.07, 6.45) is 0. The van der Waals surface area contributed by atoms with Crippen LogP contribution in [0.25, 0.3) is 28.0 Å². The molecule has 0 saturated heterocycles. The maximum atomic E-state index is 14.2. The van der Waals surface area contributed by atoms with Crippen LogP contribution in [-0.4, -0.2) is 19.8 Å². The Hall–Kier alpha value is -3.74. The standard InChI is InChI=1S/C21H16FN5O/c1-13(18-12-14-6-2-5-9-17(14)28-18)23-19-10-11-20-24-25-21(27(20)26-19)15-7-3-4-8-16(15)22/h2-13H,1H3,(H,23,26)/t13-/m1/s1. The zero-order valence-corrected chi connectivity index (χ0v) is 15.0. The molecule has 5 aromatic rings. The van der Waals surface area contributed by atoms with E-state index in [-0.39, 0.29) is 11.9 Å². The fourth-order valence-electron chi connectivity index (χ4n) is 3.19. The smallest absolute Gasteiger partial charge is 0.188 e. The summed E-state index contributed by atoms with van der Waals surface area (Å²) >= 11 is 0. The molecule has 1 atom stereocenters. The van der Waals surface area contributed by atoms with Gasteiger partial charge in [-0.15, -0.1) is 15.3 Å². The van der Waals surface area contributed by atoms with Crippen molar-refractivity contribution in [2.45, 2.75) is 13.0 Å². The van der Waals surface area contributed by atoms with Crippen LogP contribution >= 0.6 is 0 Å². The predicted molar refractivity (Wildman–Crippen MR) is 104 cm³/mol. The molecule has 0 saturated carbocycles. The molecular weight excluding hydrogens is 357 g/mol. The Morgan fingerprint density at radius 3 is 2.68 bits per heavy atom. The van der Waals surface area contributed by atoms with Gasteiger partial charge in [-0.2, -0.15) is 4.52 Å². The lowest BCUT2D eigenvalue weighted by Crippen LogP contribution is -2.09. The van der Waals surface area contributed by atoms with E-state index < -0.39 is 0 Å². The Balaban J connectivity index is 1.49. The first kappa shape index (κ1) is 16.4. The molecule has 0 radical (unpaired) electrons. The van der Waals surface area contributed by atoms with Gasteiger partial charge in [0, 0.05) is 5.39 Å². The molecule has 0 aliphatic rings. The van der Waals surface area contributed by atoms with E-state index in [9.17, 15) is 4.39 Å². The minimum atomic E-state index is -0.368. The highest BCUT2D eigenvalue weighted by atomic mass is 19.1. The van der Waals surface area contributed by atoms with Gasteiger partial charge in [0.1, 0.15) is 23.0 Å². The van der Waals surface area contributed by atoms with Crippen LogP contribution in [0.15, 0.2) is 71.1 Å². The van der Waals surface area contributed by atoms with E-state index in [1.54, 1.807) is 24.3 Å². The van der Waals surface area contributed by atoms with Gasteiger partial charge < -0.3 is 9.73 Å². The lowest BCUT2D eigenvalue weighted by molar-refractivity contribution is 0.525. The average molecular weight is 373 g/mol. The number of fused-ring (bicyclic) bond motifs is 2. The van der Waals surface area contributed by atoms with E-state index >= 15 is 0 Å². The second-order valence-electron chi connectivity index (χ2n) is 6.54. The number of halogens is 1. The summed E-state index contributed by atoms with van der Waals surface area (Å²) in [6, 6.07) is 19.8. The van der Waals surface area contributed by atoms with E-state index in [4.69, 9.17) is 4.42 Å². The summed E-state index contributed by atoms with van der Waals surface area (Å²) in [5.74, 6) is 1.40. The summed E-state index contributed by atoms with van der Waals surface area (Å²) in [4.78, 5) is 0. The minimum Gasteiger partial charge on any atom is -0.459 e. The Morgan fingerprint density at radius 2 is 1.82 bits per heavy atom. The van der Waals surface area contributed by atoms with Crippen LogP contribution < -0.4 is 5.32 Å². The highest BCUT2D eigenvalue weighted by Gasteiger charge is 2.16. The molecule has 5 rings (SSSR count). The second-order valence-corrected chi connectivity index (χ2v) is 6.54. The molecule has 0 fully saturated rings. The van der Waals surface area contributed by atoms with Crippen molar-refractivity contribution >= 4 is 22.4 Å². The first-order valence-electron chi connectivity index (χ1n) is 8.91. The Labute approximate surface area is 159 Å². The lowest BCUT2D eigenvalue weighted by Gasteiger charge is -2.12. The molecular formula is C21H16FN5O. The molecule has 138 valence electrons. The van der Waals surface area contributed by atoms with Crippen LogP contribution in [-0.2, 0) is 0 Å². The third-order valence-corrected chi connectivity index (χ3v) is 4.61. The second kappa shape index (κ2) is 6.45. The van der Waals surface area contributed by atoms with Gasteiger partial charge in [0.15, 0.2) is 11.5 Å². The Kier molecular flexibility index (Phi) is 3.79. The van der Waals surface area contributed by atoms with Gasteiger partial charge in [0.25, 0.3) is 0 Å². The van der Waals surface area contributed by atoms with Crippen molar-refractivity contribution in [3.8, 4) is 11.4 Å². The number of para-hydroxylation sites is 1. The van der Waals surface area contributed by atoms with Crippen molar-refractivity contribution < 1.29 is 8.81 Å². The Morgan fingerprint density at radius 1 is 1.00 bits per heavy atom. The van der Waals surface area contributed by atoms with Crippen LogP contribution in [0, 0.1) is 5.82 Å². The molecule has 1 N–H and O–H groups in total. The summed E-state index contributed by atoms with van der Waals surface area (Å²) in [6.45, 7) is 1.99. The predicted octanol–water partition coefficient (Wildman–Crippen LogP) is 4.85. The molecule has 28 heavy (non-hydrogen) atoms. The molecule has 0 unspecified atom stereocenters. The number of hydrogen-bond acceptors (Lipinski definition) is 5. The average Bonchev–Trinajstić information content (AvgIpc) is 3.32. The topological polar surface area (TPSA) is 68.2 Å². The van der Waals surface area contributed by atoms with Crippen molar-refractivity contribution in [1.29, 1.82) is 0 Å².